The number of nitrogens with zero attached hydrogens (tertiary/aromatic N) is 1. The zero-order valence-corrected chi connectivity index (χ0v) is 69.4. The van der Waals surface area contributed by atoms with E-state index in [4.69, 9.17) is 47.2 Å². The third-order valence-electron chi connectivity index (χ3n) is 22.0. The largest absolute Gasteiger partial charge is 0.566 e. The summed E-state index contributed by atoms with van der Waals surface area (Å²) in [4.78, 5) is 118. The maximum Gasteiger partial charge on any atom is 0.488 e. The lowest BCUT2D eigenvalue weighted by Gasteiger charge is -2.40. The van der Waals surface area contributed by atoms with Crippen molar-refractivity contribution in [2.24, 2.45) is 29.1 Å². The number of carbonyl (C=O) groups is 8. The topological polar surface area (TPSA) is 478 Å². The number of nitrogens with one attached hydrogen (secondary N) is 2. The second-order valence-electron chi connectivity index (χ2n) is 32.0. The molecule has 0 aliphatic carbocycles. The molecule has 4 fully saturated rings. The van der Waals surface area contributed by atoms with E-state index in [-0.39, 0.29) is 183 Å². The van der Waals surface area contributed by atoms with Gasteiger partial charge < -0.3 is 109 Å². The molecule has 0 bridgehead atoms. The van der Waals surface area contributed by atoms with E-state index in [2.05, 4.69) is 10.6 Å². The van der Waals surface area contributed by atoms with Crippen molar-refractivity contribution in [2.45, 2.75) is 332 Å². The van der Waals surface area contributed by atoms with Gasteiger partial charge in [-0.15, -0.1) is 4.52 Å². The van der Waals surface area contributed by atoms with Crippen molar-refractivity contribution >= 4 is 54.9 Å². The summed E-state index contributed by atoms with van der Waals surface area (Å²) in [5.41, 5.74) is -1.09. The highest BCUT2D eigenvalue weighted by molar-refractivity contribution is 7.30. The second kappa shape index (κ2) is 59.7. The Labute approximate surface area is 675 Å². The molecule has 18 atom stereocenters. The van der Waals surface area contributed by atoms with E-state index in [9.17, 15) is 93.8 Å². The molecule has 4 aliphatic heterocycles. The predicted molar refractivity (Wildman–Crippen MR) is 414 cm³/mol. The minimum Gasteiger partial charge on any atom is -0.566 e. The van der Waals surface area contributed by atoms with Gasteiger partial charge >= 0.3 is 8.25 Å². The van der Waals surface area contributed by atoms with Gasteiger partial charge in [-0.25, -0.2) is 0 Å². The van der Waals surface area contributed by atoms with E-state index >= 15 is 0 Å². The molecule has 3 amide bonds. The van der Waals surface area contributed by atoms with E-state index in [0.717, 1.165) is 44.9 Å². The minimum absolute atomic E-state index is 0.00816. The number of hydrogen-bond donors (Lipinski definition) is 11. The van der Waals surface area contributed by atoms with Gasteiger partial charge in [0.15, 0.2) is 18.9 Å². The average Bonchev–Trinajstić information content (AvgIpc) is 1.07. The van der Waals surface area contributed by atoms with Crippen LogP contribution >= 0.6 is 8.25 Å². The third kappa shape index (κ3) is 41.4. The fraction of sp³-hybridized carbons (Fsp3) is 0.901. The summed E-state index contributed by atoms with van der Waals surface area (Å²) in [5.74, 6) is -1.71. The van der Waals surface area contributed by atoms with Gasteiger partial charge in [0, 0.05) is 146 Å². The van der Waals surface area contributed by atoms with Crippen LogP contribution in [0, 0.1) is 29.1 Å². The molecule has 11 N–H and O–H groups in total. The lowest BCUT2D eigenvalue weighted by atomic mass is 9.83. The number of ether oxygens (including phenoxy) is 9. The molecule has 0 saturated carbocycles. The standard InChI is InChI=1S/C81H142N3O29P/c1-56-46-60(52-110-114(102)103)84(48-56)71(95)34-18-10-8-6-5-7-9-13-32-65(92)47-81(53-104-43-35-63(90)28-16-11-14-26-61(88)30-19-22-40-107-78-57(2)72(96)75(99)66(49-85)111-78,54-105-44-36-64(91)29-17-12-15-27-62(89)31-20-23-41-108-79-58(3)73(97)76(100)67(50-86)112-79)55-106-45-37-70(94)83-39-25-38-82-69(93)33-21-24-42-109-80-59(4)74(98)77(101)68(51-87)113-80/h56-60,66-68,72-80,85-87,96-101H,5-55H2,1-4H3,(H,82,93)(H,83,94)/t56-,57?,58?,59?,60?,66?,67?,68?,72?,73?,74?,75?,76?,77?,78?,79?,80?,81?/m1/s1. The molecule has 32 nitrogen and oxygen atoms in total. The summed E-state index contributed by atoms with van der Waals surface area (Å²) >= 11 is 0. The summed E-state index contributed by atoms with van der Waals surface area (Å²) < 4.78 is 68.7. The molecule has 0 aromatic rings. The van der Waals surface area contributed by atoms with E-state index in [1.54, 1.807) is 25.7 Å². The van der Waals surface area contributed by atoms with Gasteiger partial charge in [-0.3, -0.25) is 38.4 Å². The van der Waals surface area contributed by atoms with Crippen molar-refractivity contribution in [1.82, 2.24) is 15.5 Å². The molecule has 4 rings (SSSR count). The van der Waals surface area contributed by atoms with Crippen LogP contribution in [0.1, 0.15) is 252 Å². The fourth-order valence-electron chi connectivity index (χ4n) is 14.7. The monoisotopic (exact) mass is 1650 g/mol. The number of rotatable bonds is 68. The van der Waals surface area contributed by atoms with Crippen LogP contribution in [0.3, 0.4) is 0 Å². The van der Waals surface area contributed by atoms with E-state index in [1.165, 1.54) is 0 Å². The van der Waals surface area contributed by atoms with Gasteiger partial charge in [-0.05, 0) is 100 Å². The summed E-state index contributed by atoms with van der Waals surface area (Å²) in [6.07, 6.45) is 5.63. The Hall–Kier alpha value is -3.94. The Kier molecular flexibility index (Phi) is 53.6. The number of aliphatic hydroxyl groups excluding tert-OH is 9. The number of hydrogen-bond acceptors (Lipinski definition) is 29. The first-order valence-corrected chi connectivity index (χ1v) is 43.5. The van der Waals surface area contributed by atoms with Crippen LogP contribution in [0.4, 0.5) is 0 Å². The Morgan fingerprint density at radius 2 is 0.737 bits per heavy atom. The molecule has 0 spiro atoms. The first-order chi connectivity index (χ1) is 54.7. The molecule has 33 heteroatoms. The maximum absolute atomic E-state index is 14.2. The van der Waals surface area contributed by atoms with Gasteiger partial charge in [0.2, 0.25) is 17.7 Å². The van der Waals surface area contributed by atoms with Crippen LogP contribution in [0.25, 0.3) is 0 Å². The van der Waals surface area contributed by atoms with Gasteiger partial charge in [0.05, 0.1) is 83.8 Å². The molecule has 114 heavy (non-hydrogen) atoms. The highest BCUT2D eigenvalue weighted by Gasteiger charge is 2.45. The molecule has 4 heterocycles. The van der Waals surface area contributed by atoms with Crippen LogP contribution in [-0.2, 0) is 90.1 Å². The number of aliphatic hydroxyl groups is 9. The summed E-state index contributed by atoms with van der Waals surface area (Å²) in [6.45, 7) is 7.47. The molecule has 4 aliphatic rings. The normalized spacial score (nSPS) is 26.5. The molecule has 0 radical (unpaired) electrons. The van der Waals surface area contributed by atoms with Crippen molar-refractivity contribution < 1.29 is 141 Å². The molecular formula is C81H142N3O29P. The number of amides is 3. The average molecular weight is 1650 g/mol. The van der Waals surface area contributed by atoms with Crippen LogP contribution in [0.2, 0.25) is 0 Å². The number of likely N-dealkylation sites (tertiary alicyclic amines) is 1. The van der Waals surface area contributed by atoms with E-state index in [0.29, 0.717) is 142 Å². The third-order valence-corrected chi connectivity index (χ3v) is 22.3. The lowest BCUT2D eigenvalue weighted by Crippen LogP contribution is -2.55. The SMILES string of the molecule is CC1C(OCCCCC(=O)CCCCCC(=O)CCOCC(COCCC(=O)CCCCCC(=O)CCCCOC2OC(CO)C(O)C(O)C2C)(COCCC(=O)NCCCNC(=O)CCCCOC2OC(CO)C(O)C(O)C2C)CC(=O)CCCCCCCCCCC(=O)N2C[C@H](C)CC2CO[P+](=O)[O-])OC(CO)C(O)C1O. The Morgan fingerprint density at radius 3 is 1.12 bits per heavy atom. The van der Waals surface area contributed by atoms with Gasteiger partial charge in [0.1, 0.15) is 72.1 Å². The van der Waals surface area contributed by atoms with Gasteiger partial charge in [0.25, 0.3) is 0 Å². The van der Waals surface area contributed by atoms with Crippen LogP contribution < -0.4 is 15.5 Å². The molecule has 0 aromatic carbocycles. The highest BCUT2D eigenvalue weighted by atomic mass is 31.1. The predicted octanol–water partition coefficient (Wildman–Crippen LogP) is 4.91. The lowest BCUT2D eigenvalue weighted by molar-refractivity contribution is -0.282. The van der Waals surface area contributed by atoms with E-state index < -0.39 is 125 Å². The fourth-order valence-corrected chi connectivity index (χ4v) is 15.0. The molecular weight excluding hydrogens is 1510 g/mol. The number of ketones is 5. The molecule has 17 unspecified atom stereocenters. The zero-order valence-electron chi connectivity index (χ0n) is 68.5. The van der Waals surface area contributed by atoms with Crippen molar-refractivity contribution in [3.63, 3.8) is 0 Å². The number of Topliss-reactive ketones (excluding diaryl/α,β-unsaturated/α-hetero) is 5. The van der Waals surface area contributed by atoms with E-state index in [1.807, 2.05) is 6.92 Å². The molecule has 4 saturated heterocycles. The minimum atomic E-state index is -2.99. The first kappa shape index (κ1) is 102. The number of unbranched alkanes of at least 4 members (excludes halogenated alkanes) is 14. The van der Waals surface area contributed by atoms with Crippen LogP contribution in [-0.4, -0.2) is 283 Å². The summed E-state index contributed by atoms with van der Waals surface area (Å²) in [6, 6.07) is -0.249. The Balaban J connectivity index is 1.28. The highest BCUT2D eigenvalue weighted by Crippen LogP contribution is 2.33. The van der Waals surface area contributed by atoms with Gasteiger partial charge in [-0.2, -0.15) is 0 Å². The number of carbonyl (C=O) groups excluding carboxylic acids is 8. The molecule has 0 aromatic heterocycles. The van der Waals surface area contributed by atoms with Crippen molar-refractivity contribution in [3.05, 3.63) is 0 Å². The Bertz CT molecular complexity index is 2510. The zero-order chi connectivity index (χ0) is 83.6. The van der Waals surface area contributed by atoms with Crippen molar-refractivity contribution in [2.75, 3.05) is 106 Å². The molecule has 660 valence electrons. The quantitative estimate of drug-likeness (QED) is 0.0284. The maximum atomic E-state index is 14.2. The first-order valence-electron chi connectivity index (χ1n) is 42.4. The summed E-state index contributed by atoms with van der Waals surface area (Å²) in [5, 5.41) is 95.5. The van der Waals surface area contributed by atoms with Gasteiger partial charge in [-0.1, -0.05) is 79.1 Å². The summed E-state index contributed by atoms with van der Waals surface area (Å²) in [7, 11) is -2.99. The van der Waals surface area contributed by atoms with Crippen LogP contribution in [0.5, 0.6) is 0 Å². The Morgan fingerprint density at radius 1 is 0.412 bits per heavy atom. The van der Waals surface area contributed by atoms with Crippen molar-refractivity contribution in [1.29, 1.82) is 0 Å². The van der Waals surface area contributed by atoms with Crippen molar-refractivity contribution in [3.8, 4) is 0 Å². The smallest absolute Gasteiger partial charge is 0.488 e. The second-order valence-corrected chi connectivity index (χ2v) is 32.7. The van der Waals surface area contributed by atoms with Crippen LogP contribution in [0.15, 0.2) is 0 Å².